The lowest BCUT2D eigenvalue weighted by molar-refractivity contribution is -0.117. The second-order valence-corrected chi connectivity index (χ2v) is 2.78. The van der Waals surface area contributed by atoms with E-state index in [4.69, 9.17) is 18.0 Å². The molecule has 1 heterocycles. The number of amides is 1. The average molecular weight is 216 g/mol. The van der Waals surface area contributed by atoms with Gasteiger partial charge in [0.15, 0.2) is 6.29 Å². The minimum Gasteiger partial charge on any atom is -0.295 e. The fourth-order valence-electron chi connectivity index (χ4n) is 1.06. The summed E-state index contributed by atoms with van der Waals surface area (Å²) in [6, 6.07) is 0. The highest BCUT2D eigenvalue weighted by atomic mass is 32.1. The zero-order valence-electron chi connectivity index (χ0n) is 7.89. The predicted molar refractivity (Wildman–Crippen MR) is 55.6 cm³/mol. The predicted octanol–water partition coefficient (Wildman–Crippen LogP) is -1.65. The fraction of sp³-hybridized carbons (Fsp3) is 0.500. The molecule has 1 atom stereocenters. The molecule has 0 saturated heterocycles. The molecule has 0 spiro atoms. The van der Waals surface area contributed by atoms with Crippen molar-refractivity contribution >= 4 is 29.6 Å². The first-order valence-corrected chi connectivity index (χ1v) is 4.39. The van der Waals surface area contributed by atoms with Crippen molar-refractivity contribution in [2.45, 2.75) is 13.2 Å². The van der Waals surface area contributed by atoms with Crippen LogP contribution in [0.5, 0.6) is 0 Å². The molecule has 7 nitrogen and oxygen atoms in total. The molecule has 1 unspecified atom stereocenters. The van der Waals surface area contributed by atoms with Crippen LogP contribution in [0.3, 0.4) is 0 Å². The summed E-state index contributed by atoms with van der Waals surface area (Å²) in [7, 11) is 1.68. The van der Waals surface area contributed by atoms with E-state index in [1.807, 2.05) is 0 Å². The quantitative estimate of drug-likeness (QED) is 0.479. The number of aliphatic imine (C=N–C) groups is 1. The number of rotatable bonds is 2. The molecule has 0 aliphatic carbocycles. The van der Waals surface area contributed by atoms with Crippen LogP contribution in [0.1, 0.15) is 6.92 Å². The van der Waals surface area contributed by atoms with Gasteiger partial charge in [-0.1, -0.05) is 12.2 Å². The summed E-state index contributed by atoms with van der Waals surface area (Å²) in [5, 5.41) is 5.45. The summed E-state index contributed by atoms with van der Waals surface area (Å²) >= 11 is 4.77. The normalized spacial score (nSPS) is 22.1. The van der Waals surface area contributed by atoms with E-state index < -0.39 is 6.29 Å². The van der Waals surface area contributed by atoms with Gasteiger partial charge >= 0.3 is 0 Å². The molecule has 0 bridgehead atoms. The third kappa shape index (κ3) is 2.04. The van der Waals surface area contributed by atoms with Gasteiger partial charge in [0.05, 0.1) is 5.49 Å². The summed E-state index contributed by atoms with van der Waals surface area (Å²) in [5.41, 5.74) is 9.76. The summed E-state index contributed by atoms with van der Waals surface area (Å²) < 4.78 is 0. The van der Waals surface area contributed by atoms with E-state index in [0.717, 1.165) is 0 Å². The Balaban J connectivity index is 2.79. The van der Waals surface area contributed by atoms with Crippen molar-refractivity contribution in [3.05, 3.63) is 0 Å². The zero-order chi connectivity index (χ0) is 10.7. The first-order chi connectivity index (χ1) is 6.60. The topological polar surface area (TPSA) is 86.0 Å². The van der Waals surface area contributed by atoms with E-state index in [9.17, 15) is 4.79 Å². The Morgan fingerprint density at radius 3 is 2.86 bits per heavy atom. The molecule has 0 saturated carbocycles. The number of thiocarbonyl (C=S) groups is 1. The third-order valence-electron chi connectivity index (χ3n) is 1.57. The maximum Gasteiger partial charge on any atom is 0.224 e. The zero-order valence-corrected chi connectivity index (χ0v) is 8.71. The smallest absolute Gasteiger partial charge is 0.224 e. The number of hydrogen-bond acceptors (Lipinski definition) is 6. The van der Waals surface area contributed by atoms with Gasteiger partial charge in [0.25, 0.3) is 0 Å². The number of nitrogens with zero attached hydrogens (tertiary/aromatic N) is 3. The molecule has 0 aromatic carbocycles. The Morgan fingerprint density at radius 2 is 2.43 bits per heavy atom. The molecular weight excluding hydrogens is 204 g/mol. The Kier molecular flexibility index (Phi) is 3.47. The lowest BCUT2D eigenvalue weighted by Crippen LogP contribution is -2.55. The van der Waals surface area contributed by atoms with E-state index in [1.165, 1.54) is 22.5 Å². The van der Waals surface area contributed by atoms with Crippen molar-refractivity contribution in [3.8, 4) is 0 Å². The van der Waals surface area contributed by atoms with E-state index >= 15 is 0 Å². The van der Waals surface area contributed by atoms with Gasteiger partial charge in [-0.2, -0.15) is 0 Å². The summed E-state index contributed by atoms with van der Waals surface area (Å²) in [5.74, 6) is 0.0881. The molecule has 0 radical (unpaired) electrons. The molecular formula is C6H12N6OS. The Morgan fingerprint density at radius 1 is 1.79 bits per heavy atom. The highest BCUT2D eigenvalue weighted by molar-refractivity contribution is 7.78. The van der Waals surface area contributed by atoms with Gasteiger partial charge in [0, 0.05) is 14.0 Å². The molecule has 14 heavy (non-hydrogen) atoms. The molecule has 1 aliphatic rings. The van der Waals surface area contributed by atoms with E-state index in [2.05, 4.69) is 15.7 Å². The van der Waals surface area contributed by atoms with Gasteiger partial charge < -0.3 is 0 Å². The lowest BCUT2D eigenvalue weighted by atomic mass is 10.7. The monoisotopic (exact) mass is 216 g/mol. The molecule has 1 amide bonds. The summed E-state index contributed by atoms with van der Waals surface area (Å²) in [6.07, 6.45) is -0.596. The standard InChI is InChI=1S/C6H12N6OS/c1-4(13)9-6-10-5(7)12(8-2)11(6)3-14/h3,5,8H,7H2,1-2H3,(H,9,10,13). The SMILES string of the molecule is CNN1C(N)N=C(NC(C)=O)N1C=S. The van der Waals surface area contributed by atoms with Crippen molar-refractivity contribution in [3.63, 3.8) is 0 Å². The van der Waals surface area contributed by atoms with Gasteiger partial charge in [-0.25, -0.2) is 15.4 Å². The van der Waals surface area contributed by atoms with Crippen LogP contribution in [-0.2, 0) is 4.79 Å². The molecule has 78 valence electrons. The van der Waals surface area contributed by atoms with Crippen molar-refractivity contribution in [1.82, 2.24) is 20.9 Å². The molecule has 0 fully saturated rings. The minimum absolute atomic E-state index is 0.226. The van der Waals surface area contributed by atoms with E-state index in [1.54, 1.807) is 7.05 Å². The highest BCUT2D eigenvalue weighted by Gasteiger charge is 2.30. The largest absolute Gasteiger partial charge is 0.295 e. The van der Waals surface area contributed by atoms with Gasteiger partial charge in [0.2, 0.25) is 11.9 Å². The first-order valence-electron chi connectivity index (χ1n) is 3.92. The molecule has 8 heteroatoms. The van der Waals surface area contributed by atoms with E-state index in [0.29, 0.717) is 5.96 Å². The number of hydrazine groups is 2. The van der Waals surface area contributed by atoms with Crippen LogP contribution in [-0.4, -0.2) is 40.8 Å². The van der Waals surface area contributed by atoms with Crippen LogP contribution in [0.4, 0.5) is 0 Å². The third-order valence-corrected chi connectivity index (χ3v) is 1.77. The number of nitrogens with one attached hydrogen (secondary N) is 2. The number of hydrogen-bond donors (Lipinski definition) is 3. The van der Waals surface area contributed by atoms with E-state index in [-0.39, 0.29) is 5.91 Å². The van der Waals surface area contributed by atoms with Gasteiger partial charge in [0.1, 0.15) is 0 Å². The highest BCUT2D eigenvalue weighted by Crippen LogP contribution is 2.06. The van der Waals surface area contributed by atoms with Crippen molar-refractivity contribution < 1.29 is 4.79 Å². The number of carbonyl (C=O) groups is 1. The number of nitrogens with two attached hydrogens (primary N) is 1. The minimum atomic E-state index is -0.596. The van der Waals surface area contributed by atoms with Crippen molar-refractivity contribution in [1.29, 1.82) is 0 Å². The second-order valence-electron chi connectivity index (χ2n) is 2.57. The van der Waals surface area contributed by atoms with Gasteiger partial charge in [-0.3, -0.25) is 15.8 Å². The van der Waals surface area contributed by atoms with Crippen LogP contribution in [0.2, 0.25) is 0 Å². The van der Waals surface area contributed by atoms with Crippen LogP contribution < -0.4 is 16.5 Å². The lowest BCUT2D eigenvalue weighted by Gasteiger charge is -2.26. The van der Waals surface area contributed by atoms with Crippen molar-refractivity contribution in [2.75, 3.05) is 7.05 Å². The maximum absolute atomic E-state index is 10.8. The molecule has 1 aliphatic heterocycles. The molecule has 0 aromatic rings. The van der Waals surface area contributed by atoms with Gasteiger partial charge in [-0.05, 0) is 0 Å². The molecule has 0 aromatic heterocycles. The summed E-state index contributed by atoms with van der Waals surface area (Å²) in [4.78, 5) is 14.8. The Hall–Kier alpha value is -1.09. The second kappa shape index (κ2) is 4.42. The maximum atomic E-state index is 10.8. The van der Waals surface area contributed by atoms with Gasteiger partial charge in [-0.15, -0.1) is 5.12 Å². The first kappa shape index (κ1) is 11.0. The Bertz CT molecular complexity index is 279. The molecule has 4 N–H and O–H groups in total. The summed E-state index contributed by atoms with van der Waals surface area (Å²) in [6.45, 7) is 1.39. The van der Waals surface area contributed by atoms with Crippen LogP contribution >= 0.6 is 12.2 Å². The van der Waals surface area contributed by atoms with Crippen LogP contribution in [0.25, 0.3) is 0 Å². The number of carbonyl (C=O) groups excluding carboxylic acids is 1. The van der Waals surface area contributed by atoms with Crippen LogP contribution in [0.15, 0.2) is 4.99 Å². The van der Waals surface area contributed by atoms with Crippen molar-refractivity contribution in [2.24, 2.45) is 10.7 Å². The molecule has 1 rings (SSSR count). The Labute approximate surface area is 86.9 Å². The average Bonchev–Trinajstić information content (AvgIpc) is 2.39. The fourth-order valence-corrected chi connectivity index (χ4v) is 1.26. The van der Waals surface area contributed by atoms with Crippen LogP contribution in [0, 0.1) is 0 Å². The number of guanidine groups is 1.